The van der Waals surface area contributed by atoms with Gasteiger partial charge in [-0.2, -0.15) is 10.5 Å². The molecule has 0 unspecified atom stereocenters. The Kier molecular flexibility index (Phi) is 34.4. The van der Waals surface area contributed by atoms with Crippen LogP contribution < -0.4 is 52.0 Å². The Morgan fingerprint density at radius 3 is 1.29 bits per heavy atom. The van der Waals surface area contributed by atoms with Crippen LogP contribution in [0.3, 0.4) is 0 Å². The number of rotatable bonds is 37. The monoisotopic (exact) mass is 1910 g/mol. The lowest BCUT2D eigenvalue weighted by atomic mass is 9.49. The van der Waals surface area contributed by atoms with Gasteiger partial charge in [-0.3, -0.25) is 38.4 Å². The molecule has 32 heteroatoms. The van der Waals surface area contributed by atoms with Crippen molar-refractivity contribution in [1.29, 1.82) is 10.5 Å². The maximum absolute atomic E-state index is 14.1. The Morgan fingerprint density at radius 2 is 0.910 bits per heavy atom. The molecule has 2 aromatic heterocycles. The van der Waals surface area contributed by atoms with Crippen LogP contribution in [-0.2, 0) is 44.8 Å². The molecule has 8 aromatic rings. The number of unbranched alkanes of at least 4 members (excludes halogenated alkanes) is 3. The summed E-state index contributed by atoms with van der Waals surface area (Å²) in [5, 5.41) is 65.1. The fraction of sp³-hybridized carbons (Fsp3) is 0.490. The van der Waals surface area contributed by atoms with Gasteiger partial charge in [0.05, 0.1) is 71.6 Å². The maximum Gasteiger partial charge on any atom is 0.251 e. The van der Waals surface area contributed by atoms with E-state index in [-0.39, 0.29) is 121 Å². The summed E-state index contributed by atoms with van der Waals surface area (Å²) in [5.41, 5.74) is 10.2. The molecule has 2 saturated heterocycles. The van der Waals surface area contributed by atoms with Gasteiger partial charge in [-0.1, -0.05) is 169 Å². The van der Waals surface area contributed by atoms with Gasteiger partial charge in [-0.25, -0.2) is 9.97 Å². The van der Waals surface area contributed by atoms with E-state index in [1.165, 1.54) is 9.80 Å². The molecule has 716 valence electrons. The molecular weight excluding hydrogens is 1780 g/mol. The van der Waals surface area contributed by atoms with Crippen LogP contribution in [-0.4, -0.2) is 191 Å². The number of β-amino-alcohol motifs (C(OH)–C–C–N with tert-alkyl or cyclic N) is 2. The molecule has 2 aliphatic carbocycles. The standard InChI is InChI=1S/C52H66ClN7O7S.C50H62ClN7O7S/c1-31(33-13-15-34(16-14-33)43-32(2)56-30-68-43)57-46(64)41-25-38(61)28-60(41)47(65)44(50(3,4)5)58-42(62)29-66-24-12-10-11-23-55-37-20-17-35(18-21-37)45(63)59-48-51(6,7)49(52(48,8)9)67-39-22-19-36(27-54)40(53)26-39;1-30-41(66-29-55-30)32-13-11-31(12-14-32)26-54-44(62)39-23-36(59)27-58(39)45(63)42(48(2,3)4)56-40(60)28-64-22-10-9-21-53-35-18-15-33(16-19-35)43(61)57-46-49(5,6)47(50(46,7)8)65-37-20-17-34(25-52)38(51)24-37/h13-22,26,30-31,38,41,44,48-49,55,61H,10-12,23-25,28-29H2,1-9H3,(H,57,64)(H,58,62)(H,59,63);11-20,24,29,36,39,42,46-47,53,59H,9-10,21-23,26-28H2,1-8H3,(H,54,62)(H,56,60)(H,57,61)/t31-,38+,41-,44+,48?,49?;36-,39+,42-,46?,47?/m01/s1. The highest BCUT2D eigenvalue weighted by Crippen LogP contribution is 2.57. The highest BCUT2D eigenvalue weighted by Gasteiger charge is 2.65. The lowest BCUT2D eigenvalue weighted by molar-refractivity contribution is -0.164. The molecule has 4 aliphatic rings. The number of aromatic nitrogens is 2. The molecule has 0 radical (unpaired) electrons. The Hall–Kier alpha value is -11.1. The Labute approximate surface area is 804 Å². The van der Waals surface area contributed by atoms with Gasteiger partial charge >= 0.3 is 0 Å². The molecule has 10 N–H and O–H groups in total. The van der Waals surface area contributed by atoms with E-state index >= 15 is 0 Å². The number of likely N-dealkylation sites (tertiary alicyclic amines) is 2. The topological polar surface area (TPSA) is 390 Å². The summed E-state index contributed by atoms with van der Waals surface area (Å²) in [6.07, 6.45) is 1.91. The van der Waals surface area contributed by atoms with Crippen LogP contribution in [0.25, 0.3) is 20.9 Å². The SMILES string of the molecule is Cc1ncsc1-c1ccc(CNC(=O)[C@@H]2C[C@@H](O)CN2C(=O)[C@@H](NC(=O)COCCCCNc2ccc(C(=O)NC3C(C)(C)C(Oc4ccc(C#N)c(Cl)c4)C3(C)C)cc2)C(C)(C)C)cc1.Cc1ncsc1-c1ccc([C@H](C)NC(=O)[C@@H]2C[C@@H](O)CN2C(=O)[C@@H](NC(=O)COCCCCCNc2ccc(C(=O)NC3C(C)(C)C(Oc4ccc(C#N)c(Cl)c4)C3(C)C)cc2)C(C)(C)C)cc1. The van der Waals surface area contributed by atoms with Gasteiger partial charge in [-0.15, -0.1) is 22.7 Å². The fourth-order valence-corrected chi connectivity index (χ4v) is 21.0. The van der Waals surface area contributed by atoms with Crippen molar-refractivity contribution >= 4 is 105 Å². The van der Waals surface area contributed by atoms with E-state index in [0.29, 0.717) is 76.5 Å². The predicted octanol–water partition coefficient (Wildman–Crippen LogP) is 15.5. The second kappa shape index (κ2) is 44.6. The number of hydrogen-bond acceptors (Lipinski definition) is 22. The zero-order valence-corrected chi connectivity index (χ0v) is 82.7. The van der Waals surface area contributed by atoms with Gasteiger partial charge in [-0.05, 0) is 159 Å². The molecule has 7 atom stereocenters. The molecule has 0 bridgehead atoms. The van der Waals surface area contributed by atoms with Crippen LogP contribution in [0.15, 0.2) is 144 Å². The molecule has 134 heavy (non-hydrogen) atoms. The third-order valence-corrected chi connectivity index (χ3v) is 28.3. The normalized spacial score (nSPS) is 20.2. The van der Waals surface area contributed by atoms with Gasteiger partial charge in [0.2, 0.25) is 35.4 Å². The number of nitrogens with zero attached hydrogens (tertiary/aromatic N) is 6. The Morgan fingerprint density at radius 1 is 0.522 bits per heavy atom. The van der Waals surface area contributed by atoms with Crippen molar-refractivity contribution in [2.45, 2.75) is 236 Å². The minimum Gasteiger partial charge on any atom is -0.489 e. The van der Waals surface area contributed by atoms with E-state index in [2.05, 4.69) is 120 Å². The van der Waals surface area contributed by atoms with Crippen LogP contribution in [0.5, 0.6) is 11.5 Å². The number of carbonyl (C=O) groups is 8. The molecule has 0 spiro atoms. The first-order valence-electron chi connectivity index (χ1n) is 45.6. The van der Waals surface area contributed by atoms with Crippen molar-refractivity contribution in [3.8, 4) is 44.5 Å². The number of benzene rings is 6. The summed E-state index contributed by atoms with van der Waals surface area (Å²) >= 11 is 15.6. The van der Waals surface area contributed by atoms with Gasteiger partial charge in [0.15, 0.2) is 0 Å². The summed E-state index contributed by atoms with van der Waals surface area (Å²) in [5.74, 6) is -1.68. The van der Waals surface area contributed by atoms with E-state index in [0.717, 1.165) is 80.5 Å². The van der Waals surface area contributed by atoms with Crippen LogP contribution in [0, 0.1) is 69.0 Å². The van der Waals surface area contributed by atoms with Crippen molar-refractivity contribution in [3.63, 3.8) is 0 Å². The van der Waals surface area contributed by atoms with Crippen molar-refractivity contribution in [1.82, 2.24) is 51.7 Å². The highest BCUT2D eigenvalue weighted by molar-refractivity contribution is 7.13. The highest BCUT2D eigenvalue weighted by atomic mass is 35.5. The lowest BCUT2D eigenvalue weighted by Gasteiger charge is -2.63. The number of amides is 8. The zero-order valence-electron chi connectivity index (χ0n) is 79.6. The number of aliphatic hydroxyl groups excluding tert-OH is 2. The summed E-state index contributed by atoms with van der Waals surface area (Å²) in [7, 11) is 0. The third kappa shape index (κ3) is 25.6. The molecule has 8 amide bonds. The van der Waals surface area contributed by atoms with E-state index in [4.69, 9.17) is 42.1 Å². The lowest BCUT2D eigenvalue weighted by Crippen LogP contribution is -2.74. The number of thiazole rings is 2. The summed E-state index contributed by atoms with van der Waals surface area (Å²) in [4.78, 5) is 122. The van der Waals surface area contributed by atoms with E-state index in [9.17, 15) is 59.1 Å². The molecule has 4 fully saturated rings. The van der Waals surface area contributed by atoms with Crippen molar-refractivity contribution < 1.29 is 67.5 Å². The number of anilines is 2. The second-order valence-electron chi connectivity index (χ2n) is 39.8. The third-order valence-electron chi connectivity index (χ3n) is 25.7. The molecule has 2 aliphatic heterocycles. The Bertz CT molecular complexity index is 5510. The minimum atomic E-state index is -0.955. The first kappa shape index (κ1) is 103. The van der Waals surface area contributed by atoms with Crippen molar-refractivity contribution in [3.05, 3.63) is 199 Å². The van der Waals surface area contributed by atoms with Gasteiger partial charge in [0.1, 0.15) is 73.2 Å². The summed E-state index contributed by atoms with van der Waals surface area (Å²) in [6.45, 7) is 35.2. The first-order valence-corrected chi connectivity index (χ1v) is 48.1. The minimum absolute atomic E-state index is 0.0131. The van der Waals surface area contributed by atoms with E-state index in [1.54, 1.807) is 83.3 Å². The average molecular weight is 1910 g/mol. The molecule has 2 saturated carbocycles. The largest absolute Gasteiger partial charge is 0.489 e. The molecule has 4 heterocycles. The molecule has 12 rings (SSSR count). The first-order chi connectivity index (χ1) is 63.3. The van der Waals surface area contributed by atoms with E-state index < -0.39 is 70.8 Å². The van der Waals surface area contributed by atoms with Gasteiger partial charge in [0.25, 0.3) is 11.8 Å². The number of carbonyl (C=O) groups excluding carboxylic acids is 8. The fourth-order valence-electron chi connectivity index (χ4n) is 18.9. The number of halogens is 2. The molecular formula is C102H128Cl2N14O14S2. The van der Waals surface area contributed by atoms with Crippen LogP contribution in [0.4, 0.5) is 11.4 Å². The number of nitrogens with one attached hydrogen (secondary N) is 8. The number of ether oxygens (including phenoxy) is 4. The van der Waals surface area contributed by atoms with Crippen molar-refractivity contribution in [2.24, 2.45) is 32.5 Å². The summed E-state index contributed by atoms with van der Waals surface area (Å²) < 4.78 is 24.1. The number of hydrogen-bond donors (Lipinski definition) is 10. The maximum atomic E-state index is 14.1. The Balaban J connectivity index is 0.000000258. The number of nitriles is 2. The summed E-state index contributed by atoms with van der Waals surface area (Å²) in [6, 6.07) is 40.3. The van der Waals surface area contributed by atoms with Crippen LogP contribution in [0.1, 0.15) is 209 Å². The zero-order chi connectivity index (χ0) is 97.5. The van der Waals surface area contributed by atoms with Gasteiger partial charge in [0, 0.05) is 127 Å². The molecule has 6 aromatic carbocycles. The molecule has 28 nitrogen and oxygen atoms in total. The average Bonchev–Trinajstić information content (AvgIpc) is 0.829. The smallest absolute Gasteiger partial charge is 0.251 e. The number of aliphatic hydroxyl groups is 2. The van der Waals surface area contributed by atoms with Crippen LogP contribution >= 0.6 is 45.9 Å². The second-order valence-corrected chi connectivity index (χ2v) is 42.3. The predicted molar refractivity (Wildman–Crippen MR) is 521 cm³/mol. The van der Waals surface area contributed by atoms with Crippen molar-refractivity contribution in [2.75, 3.05) is 63.2 Å². The van der Waals surface area contributed by atoms with E-state index in [1.807, 2.05) is 146 Å². The number of aryl methyl sites for hydroxylation is 2. The van der Waals surface area contributed by atoms with Crippen LogP contribution in [0.2, 0.25) is 10.0 Å². The quantitative estimate of drug-likeness (QED) is 0.0162. The van der Waals surface area contributed by atoms with Gasteiger partial charge < -0.3 is 81.5 Å².